The van der Waals surface area contributed by atoms with Crippen molar-refractivity contribution in [3.8, 4) is 11.3 Å². The van der Waals surface area contributed by atoms with Crippen LogP contribution in [0.3, 0.4) is 0 Å². The summed E-state index contributed by atoms with van der Waals surface area (Å²) in [5, 5.41) is 14.8. The van der Waals surface area contributed by atoms with Gasteiger partial charge in [-0.3, -0.25) is 4.79 Å². The van der Waals surface area contributed by atoms with E-state index in [0.29, 0.717) is 34.1 Å². The molecule has 0 spiro atoms. The molecule has 1 aromatic heterocycles. The lowest BCUT2D eigenvalue weighted by atomic mass is 10.0. The van der Waals surface area contributed by atoms with Gasteiger partial charge in [-0.1, -0.05) is 17.7 Å². The number of carboxylic acid groups (broad SMARTS) is 1. The number of esters is 1. The van der Waals surface area contributed by atoms with E-state index in [2.05, 4.69) is 5.10 Å². The first-order valence-electron chi connectivity index (χ1n) is 9.86. The van der Waals surface area contributed by atoms with Crippen LogP contribution in [0.4, 0.5) is 5.69 Å². The highest BCUT2D eigenvalue weighted by Gasteiger charge is 2.30. The third-order valence-corrected chi connectivity index (χ3v) is 5.70. The van der Waals surface area contributed by atoms with Crippen LogP contribution < -0.4 is 5.01 Å². The Kier molecular flexibility index (Phi) is 4.87. The lowest BCUT2D eigenvalue weighted by Crippen LogP contribution is -2.21. The van der Waals surface area contributed by atoms with Crippen LogP contribution in [0.1, 0.15) is 39.0 Å². The van der Waals surface area contributed by atoms with E-state index >= 15 is 0 Å². The van der Waals surface area contributed by atoms with E-state index < -0.39 is 11.9 Å². The number of hydrogen-bond acceptors (Lipinski definition) is 6. The molecule has 0 saturated carbocycles. The second-order valence-electron chi connectivity index (χ2n) is 7.48. The number of anilines is 1. The number of amides is 1. The number of hydrazone groups is 1. The Morgan fingerprint density at radius 2 is 1.97 bits per heavy atom. The van der Waals surface area contributed by atoms with Crippen molar-refractivity contribution in [3.05, 3.63) is 81.6 Å². The summed E-state index contributed by atoms with van der Waals surface area (Å²) in [6.45, 7) is 1.91. The summed E-state index contributed by atoms with van der Waals surface area (Å²) in [5.74, 6) is -0.936. The number of aromatic carboxylic acids is 1. The number of nitrogens with zero attached hydrogens (tertiary/aromatic N) is 2. The molecular weight excluding hydrogens is 448 g/mol. The number of benzene rings is 2. The van der Waals surface area contributed by atoms with Crippen LogP contribution in [0.5, 0.6) is 0 Å². The Hall–Kier alpha value is -4.17. The largest absolute Gasteiger partial charge is 0.478 e. The van der Waals surface area contributed by atoms with Crippen molar-refractivity contribution in [2.75, 3.05) is 5.01 Å². The van der Waals surface area contributed by atoms with Gasteiger partial charge >= 0.3 is 11.9 Å². The van der Waals surface area contributed by atoms with Gasteiger partial charge < -0.3 is 14.3 Å². The van der Waals surface area contributed by atoms with Crippen LogP contribution in [0.15, 0.2) is 63.6 Å². The number of halogens is 1. The Bertz CT molecular complexity index is 1420. The summed E-state index contributed by atoms with van der Waals surface area (Å²) in [6, 6.07) is 13.1. The maximum atomic E-state index is 13.0. The first-order valence-corrected chi connectivity index (χ1v) is 10.2. The zero-order chi connectivity index (χ0) is 23.3. The van der Waals surface area contributed by atoms with E-state index in [9.17, 15) is 19.5 Å². The predicted molar refractivity (Wildman–Crippen MR) is 120 cm³/mol. The number of carbonyl (C=O) groups is 3. The summed E-state index contributed by atoms with van der Waals surface area (Å²) < 4.78 is 10.9. The van der Waals surface area contributed by atoms with Crippen LogP contribution in [0.2, 0.25) is 5.02 Å². The molecule has 0 atom stereocenters. The van der Waals surface area contributed by atoms with Crippen molar-refractivity contribution in [2.24, 2.45) is 5.10 Å². The Balaban J connectivity index is 1.42. The van der Waals surface area contributed by atoms with Crippen LogP contribution in [0.25, 0.3) is 17.4 Å². The van der Waals surface area contributed by atoms with Gasteiger partial charge in [0.1, 0.15) is 18.1 Å². The van der Waals surface area contributed by atoms with Crippen molar-refractivity contribution in [1.82, 2.24) is 0 Å². The summed E-state index contributed by atoms with van der Waals surface area (Å²) in [7, 11) is 0. The highest BCUT2D eigenvalue weighted by Crippen LogP contribution is 2.31. The Morgan fingerprint density at radius 3 is 2.76 bits per heavy atom. The molecule has 0 aliphatic carbocycles. The lowest BCUT2D eigenvalue weighted by Gasteiger charge is -2.12. The lowest BCUT2D eigenvalue weighted by molar-refractivity contribution is -0.114. The maximum Gasteiger partial charge on any atom is 0.338 e. The molecule has 2 aliphatic heterocycles. The fourth-order valence-corrected chi connectivity index (χ4v) is 3.88. The molecule has 0 unspecified atom stereocenters. The minimum atomic E-state index is -1.20. The minimum Gasteiger partial charge on any atom is -0.478 e. The first kappa shape index (κ1) is 20.7. The van der Waals surface area contributed by atoms with Crippen molar-refractivity contribution in [1.29, 1.82) is 0 Å². The third-order valence-electron chi connectivity index (χ3n) is 5.37. The molecule has 9 heteroatoms. The summed E-state index contributed by atoms with van der Waals surface area (Å²) in [6.07, 6.45) is 1.58. The molecule has 3 heterocycles. The Labute approximate surface area is 192 Å². The van der Waals surface area contributed by atoms with Crippen LogP contribution in [-0.4, -0.2) is 28.7 Å². The van der Waals surface area contributed by atoms with Crippen LogP contribution in [-0.2, 0) is 16.1 Å². The van der Waals surface area contributed by atoms with Gasteiger partial charge in [0.15, 0.2) is 0 Å². The average Bonchev–Trinajstić information content (AvgIpc) is 3.48. The molecule has 0 bridgehead atoms. The van der Waals surface area contributed by atoms with Gasteiger partial charge in [0.2, 0.25) is 0 Å². The monoisotopic (exact) mass is 462 g/mol. The van der Waals surface area contributed by atoms with E-state index in [-0.39, 0.29) is 23.2 Å². The van der Waals surface area contributed by atoms with Crippen molar-refractivity contribution >= 4 is 46.9 Å². The number of cyclic esters (lactones) is 1. The van der Waals surface area contributed by atoms with Gasteiger partial charge in [0.05, 0.1) is 33.1 Å². The van der Waals surface area contributed by atoms with Gasteiger partial charge in [-0.2, -0.15) is 10.1 Å². The molecule has 0 saturated heterocycles. The number of fused-ring (bicyclic) bond motifs is 1. The molecular formula is C24H15ClN2O6. The van der Waals surface area contributed by atoms with E-state index in [0.717, 1.165) is 16.1 Å². The first-order chi connectivity index (χ1) is 15.8. The van der Waals surface area contributed by atoms with Gasteiger partial charge in [0.25, 0.3) is 5.91 Å². The minimum absolute atomic E-state index is 0.0694. The summed E-state index contributed by atoms with van der Waals surface area (Å²) in [5.41, 5.74) is 3.06. The molecule has 0 fully saturated rings. The van der Waals surface area contributed by atoms with E-state index in [1.807, 2.05) is 6.07 Å². The average molecular weight is 463 g/mol. The number of ether oxygens (including phenoxy) is 1. The molecule has 1 amide bonds. The van der Waals surface area contributed by atoms with Gasteiger partial charge in [-0.05, 0) is 55.5 Å². The number of carboxylic acids is 1. The number of hydrogen-bond donors (Lipinski definition) is 1. The van der Waals surface area contributed by atoms with E-state index in [1.54, 1.807) is 37.3 Å². The molecule has 5 rings (SSSR count). The topological polar surface area (TPSA) is 109 Å². The molecule has 1 N–H and O–H groups in total. The van der Waals surface area contributed by atoms with Crippen molar-refractivity contribution < 1.29 is 28.6 Å². The van der Waals surface area contributed by atoms with Gasteiger partial charge in [-0.15, -0.1) is 0 Å². The predicted octanol–water partition coefficient (Wildman–Crippen LogP) is 4.77. The normalized spacial score (nSPS) is 16.2. The summed E-state index contributed by atoms with van der Waals surface area (Å²) >= 11 is 5.92. The SMILES string of the molecule is CC1=NN(c2ccc(Cl)c(C(=O)O)c2)C(=O)/C1=C\c1ccc(-c2ccc3c(c2)COC3=O)o1. The van der Waals surface area contributed by atoms with Crippen LogP contribution in [0, 0.1) is 0 Å². The molecule has 2 aliphatic rings. The maximum absolute atomic E-state index is 13.0. The fourth-order valence-electron chi connectivity index (χ4n) is 3.68. The second-order valence-corrected chi connectivity index (χ2v) is 7.89. The zero-order valence-corrected chi connectivity index (χ0v) is 17.9. The van der Waals surface area contributed by atoms with E-state index in [4.69, 9.17) is 20.8 Å². The fraction of sp³-hybridized carbons (Fsp3) is 0.0833. The second kappa shape index (κ2) is 7.75. The number of furan rings is 1. The Morgan fingerprint density at radius 1 is 1.15 bits per heavy atom. The van der Waals surface area contributed by atoms with Gasteiger partial charge in [-0.25, -0.2) is 9.59 Å². The molecule has 164 valence electrons. The van der Waals surface area contributed by atoms with Crippen LogP contribution >= 0.6 is 11.6 Å². The van der Waals surface area contributed by atoms with E-state index in [1.165, 1.54) is 18.2 Å². The highest BCUT2D eigenvalue weighted by molar-refractivity contribution is 6.34. The molecule has 2 aromatic carbocycles. The number of rotatable bonds is 4. The third kappa shape index (κ3) is 3.60. The number of carbonyl (C=O) groups excluding carboxylic acids is 2. The molecule has 3 aromatic rings. The van der Waals surface area contributed by atoms with Gasteiger partial charge in [0, 0.05) is 11.1 Å². The molecule has 33 heavy (non-hydrogen) atoms. The van der Waals surface area contributed by atoms with Crippen molar-refractivity contribution in [2.45, 2.75) is 13.5 Å². The zero-order valence-electron chi connectivity index (χ0n) is 17.2. The highest BCUT2D eigenvalue weighted by atomic mass is 35.5. The smallest absolute Gasteiger partial charge is 0.338 e. The summed E-state index contributed by atoms with van der Waals surface area (Å²) in [4.78, 5) is 36.0. The molecule has 0 radical (unpaired) electrons. The van der Waals surface area contributed by atoms with Crippen molar-refractivity contribution in [3.63, 3.8) is 0 Å². The standard InChI is InChI=1S/C24H15ClN2O6/c1-12-18(22(28)27(26-12)15-3-6-20(25)19(9-15)23(29)30)10-16-4-7-21(33-16)13-2-5-17-14(8-13)11-32-24(17)31/h2-10H,11H2,1H3,(H,29,30)/b18-10-. The molecule has 8 nitrogen and oxygen atoms in total. The quantitative estimate of drug-likeness (QED) is 0.441.